The van der Waals surface area contributed by atoms with Crippen LogP contribution in [0.3, 0.4) is 0 Å². The van der Waals surface area contributed by atoms with Crippen molar-refractivity contribution in [1.29, 1.82) is 0 Å². The molecule has 2 aromatic rings. The average molecular weight is 343 g/mol. The minimum Gasteiger partial charge on any atom is -0.464 e. The number of fused-ring (bicyclic) bond motifs is 1. The summed E-state index contributed by atoms with van der Waals surface area (Å²) in [5.74, 6) is -1.43. The maximum atomic E-state index is 13.0. The van der Waals surface area contributed by atoms with Crippen molar-refractivity contribution in [2.24, 2.45) is 0 Å². The second-order valence-corrected chi connectivity index (χ2v) is 6.23. The van der Waals surface area contributed by atoms with Gasteiger partial charge in [-0.05, 0) is 18.6 Å². The molecule has 0 saturated carbocycles. The van der Waals surface area contributed by atoms with E-state index >= 15 is 0 Å². The van der Waals surface area contributed by atoms with E-state index < -0.39 is 17.4 Å². The van der Waals surface area contributed by atoms with Crippen LogP contribution in [0.4, 0.5) is 0 Å². The second kappa shape index (κ2) is 6.23. The van der Waals surface area contributed by atoms with E-state index in [0.717, 1.165) is 16.5 Å². The van der Waals surface area contributed by atoms with E-state index in [-0.39, 0.29) is 25.5 Å². The summed E-state index contributed by atoms with van der Waals surface area (Å²) in [6.45, 7) is 1.76. The van der Waals surface area contributed by atoms with Crippen molar-refractivity contribution in [3.63, 3.8) is 0 Å². The number of aromatic nitrogens is 1. The number of ether oxygens (including phenoxy) is 1. The Kier molecular flexibility index (Phi) is 4.24. The third kappa shape index (κ3) is 2.56. The number of para-hydroxylation sites is 1. The van der Waals surface area contributed by atoms with Crippen LogP contribution in [0.15, 0.2) is 30.5 Å². The lowest BCUT2D eigenvalue weighted by molar-refractivity contribution is -0.177. The molecule has 1 unspecified atom stereocenters. The highest BCUT2D eigenvalue weighted by atomic mass is 16.5. The molecule has 3 rings (SSSR count). The molecule has 0 bridgehead atoms. The van der Waals surface area contributed by atoms with Crippen molar-refractivity contribution in [3.8, 4) is 0 Å². The molecule has 25 heavy (non-hydrogen) atoms. The van der Waals surface area contributed by atoms with Gasteiger partial charge in [-0.1, -0.05) is 18.2 Å². The average Bonchev–Trinajstić information content (AvgIpc) is 3.00. The molecule has 1 aliphatic rings. The monoisotopic (exact) mass is 343 g/mol. The van der Waals surface area contributed by atoms with Gasteiger partial charge in [0.05, 0.1) is 13.2 Å². The summed E-state index contributed by atoms with van der Waals surface area (Å²) in [4.78, 5) is 43.9. The minimum absolute atomic E-state index is 0.0512. The summed E-state index contributed by atoms with van der Waals surface area (Å²) in [5, 5.41) is 0.910. The molecule has 7 nitrogen and oxygen atoms in total. The number of piperazine rings is 1. The Labute approximate surface area is 145 Å². The normalized spacial score (nSPS) is 21.1. The molecule has 1 aromatic heterocycles. The number of hydrogen-bond acceptors (Lipinski definition) is 4. The van der Waals surface area contributed by atoms with E-state index in [2.05, 4.69) is 4.98 Å². The number of aromatic amines is 1. The smallest absolute Gasteiger partial charge is 0.342 e. The van der Waals surface area contributed by atoms with Gasteiger partial charge >= 0.3 is 5.97 Å². The minimum atomic E-state index is -1.69. The van der Waals surface area contributed by atoms with Gasteiger partial charge in [-0.2, -0.15) is 0 Å². The molecular formula is C18H21N3O4. The Hall–Kier alpha value is -2.83. The highest BCUT2D eigenvalue weighted by Crippen LogP contribution is 2.31. The number of hydrogen-bond donors (Lipinski definition) is 1. The largest absolute Gasteiger partial charge is 0.464 e. The van der Waals surface area contributed by atoms with Crippen molar-refractivity contribution in [2.75, 3.05) is 27.2 Å². The molecule has 7 heteroatoms. The molecule has 1 atom stereocenters. The number of H-pyrrole nitrogens is 1. The third-order valence-electron chi connectivity index (χ3n) is 4.75. The second-order valence-electron chi connectivity index (χ2n) is 6.23. The maximum Gasteiger partial charge on any atom is 0.342 e. The Morgan fingerprint density at radius 1 is 1.28 bits per heavy atom. The number of benzene rings is 1. The Morgan fingerprint density at radius 3 is 2.72 bits per heavy atom. The van der Waals surface area contributed by atoms with E-state index in [1.54, 1.807) is 13.1 Å². The third-order valence-corrected chi connectivity index (χ3v) is 4.75. The van der Waals surface area contributed by atoms with Gasteiger partial charge in [0, 0.05) is 37.6 Å². The summed E-state index contributed by atoms with van der Waals surface area (Å²) >= 11 is 0. The summed E-state index contributed by atoms with van der Waals surface area (Å²) in [6, 6.07) is 7.62. The number of nitrogens with one attached hydrogen (secondary N) is 1. The number of carbonyl (C=O) groups excluding carboxylic acids is 3. The van der Waals surface area contributed by atoms with Crippen LogP contribution in [0, 0.1) is 0 Å². The topological polar surface area (TPSA) is 82.7 Å². The van der Waals surface area contributed by atoms with Crippen molar-refractivity contribution >= 4 is 28.7 Å². The van der Waals surface area contributed by atoms with Gasteiger partial charge in [0.2, 0.25) is 11.4 Å². The van der Waals surface area contributed by atoms with E-state index in [1.807, 2.05) is 24.3 Å². The molecule has 1 saturated heterocycles. The fourth-order valence-corrected chi connectivity index (χ4v) is 3.35. The van der Waals surface area contributed by atoms with E-state index in [4.69, 9.17) is 4.74 Å². The van der Waals surface area contributed by atoms with Gasteiger partial charge in [0.25, 0.3) is 5.91 Å². The first kappa shape index (κ1) is 17.0. The van der Waals surface area contributed by atoms with Crippen molar-refractivity contribution < 1.29 is 19.1 Å². The highest BCUT2D eigenvalue weighted by Gasteiger charge is 2.57. The first-order valence-electron chi connectivity index (χ1n) is 8.16. The molecule has 132 valence electrons. The van der Waals surface area contributed by atoms with Gasteiger partial charge in [0.1, 0.15) is 0 Å². The molecule has 1 N–H and O–H groups in total. The highest BCUT2D eigenvalue weighted by molar-refractivity contribution is 6.13. The summed E-state index contributed by atoms with van der Waals surface area (Å²) in [5.41, 5.74) is -0.000487. The molecule has 0 radical (unpaired) electrons. The van der Waals surface area contributed by atoms with Crippen molar-refractivity contribution in [3.05, 3.63) is 36.0 Å². The number of esters is 1. The Morgan fingerprint density at radius 2 is 2.00 bits per heavy atom. The van der Waals surface area contributed by atoms with Crippen molar-refractivity contribution in [2.45, 2.75) is 18.9 Å². The predicted octanol–water partition coefficient (Wildman–Crippen LogP) is 0.943. The zero-order valence-electron chi connectivity index (χ0n) is 14.5. The zero-order chi connectivity index (χ0) is 18.2. The maximum absolute atomic E-state index is 13.0. The number of rotatable bonds is 4. The van der Waals surface area contributed by atoms with E-state index in [9.17, 15) is 14.4 Å². The standard InChI is InChI=1S/C18H21N3O4/c1-4-25-17(24)18(16(23)20(2)11-15(22)21(18)3)9-12-10-19-14-8-6-5-7-13(12)14/h5-8,10,19H,4,9,11H2,1-3H3. The molecular weight excluding hydrogens is 322 g/mol. The van der Waals surface area contributed by atoms with Gasteiger partial charge in [0.15, 0.2) is 0 Å². The van der Waals surface area contributed by atoms with Crippen molar-refractivity contribution in [1.82, 2.24) is 14.8 Å². The van der Waals surface area contributed by atoms with Crippen LogP contribution in [-0.2, 0) is 25.5 Å². The molecule has 0 aliphatic carbocycles. The number of nitrogens with zero attached hydrogens (tertiary/aromatic N) is 2. The first-order chi connectivity index (χ1) is 11.9. The van der Waals surface area contributed by atoms with Crippen LogP contribution >= 0.6 is 0 Å². The predicted molar refractivity (Wildman–Crippen MR) is 91.8 cm³/mol. The Bertz CT molecular complexity index is 844. The van der Waals surface area contributed by atoms with Crippen LogP contribution in [0.1, 0.15) is 12.5 Å². The Balaban J connectivity index is 2.13. The zero-order valence-corrected chi connectivity index (χ0v) is 14.5. The fourth-order valence-electron chi connectivity index (χ4n) is 3.35. The quantitative estimate of drug-likeness (QED) is 0.662. The van der Waals surface area contributed by atoms with Crippen LogP contribution in [0.25, 0.3) is 10.9 Å². The van der Waals surface area contributed by atoms with Crippen LogP contribution in [0.2, 0.25) is 0 Å². The van der Waals surface area contributed by atoms with Gasteiger partial charge < -0.3 is 19.5 Å². The van der Waals surface area contributed by atoms with E-state index in [1.165, 1.54) is 23.9 Å². The summed E-state index contributed by atoms with van der Waals surface area (Å²) in [7, 11) is 3.01. The summed E-state index contributed by atoms with van der Waals surface area (Å²) < 4.78 is 5.19. The molecule has 1 fully saturated rings. The SMILES string of the molecule is CCOC(=O)C1(Cc2c[nH]c3ccccc23)C(=O)N(C)CC(=O)N1C. The molecule has 1 aromatic carbocycles. The molecule has 0 spiro atoms. The van der Waals surface area contributed by atoms with Crippen LogP contribution in [-0.4, -0.2) is 65.4 Å². The lowest BCUT2D eigenvalue weighted by Gasteiger charge is -2.44. The first-order valence-corrected chi connectivity index (χ1v) is 8.16. The summed E-state index contributed by atoms with van der Waals surface area (Å²) in [6.07, 6.45) is 1.83. The fraction of sp³-hybridized carbons (Fsp3) is 0.389. The van der Waals surface area contributed by atoms with Gasteiger partial charge in [-0.15, -0.1) is 0 Å². The molecule has 2 amide bonds. The lowest BCUT2D eigenvalue weighted by atomic mass is 9.85. The number of amides is 2. The van der Waals surface area contributed by atoms with Gasteiger partial charge in [-0.3, -0.25) is 9.59 Å². The van der Waals surface area contributed by atoms with Crippen LogP contribution in [0.5, 0.6) is 0 Å². The van der Waals surface area contributed by atoms with E-state index in [0.29, 0.717) is 0 Å². The molecule has 1 aliphatic heterocycles. The number of carbonyl (C=O) groups is 3. The van der Waals surface area contributed by atoms with Gasteiger partial charge in [-0.25, -0.2) is 4.79 Å². The lowest BCUT2D eigenvalue weighted by Crippen LogP contribution is -2.71. The van der Waals surface area contributed by atoms with Crippen LogP contribution < -0.4 is 0 Å². The number of likely N-dealkylation sites (N-methyl/N-ethyl adjacent to an activating group) is 2. The molecule has 2 heterocycles.